The molecule has 1 aliphatic rings. The van der Waals surface area contributed by atoms with Gasteiger partial charge < -0.3 is 10.2 Å². The number of rotatable bonds is 4. The van der Waals surface area contributed by atoms with E-state index in [0.717, 1.165) is 30.1 Å². The Morgan fingerprint density at radius 1 is 1.53 bits per heavy atom. The molecule has 1 aliphatic heterocycles. The van der Waals surface area contributed by atoms with Crippen molar-refractivity contribution in [1.82, 2.24) is 10.2 Å². The molecule has 19 heavy (non-hydrogen) atoms. The monoisotopic (exact) mass is 280 g/mol. The summed E-state index contributed by atoms with van der Waals surface area (Å²) in [6.07, 6.45) is 1.60. The number of amides is 1. The fraction of sp³-hybridized carbons (Fsp3) is 0.533. The van der Waals surface area contributed by atoms with Gasteiger partial charge in [-0.05, 0) is 25.0 Å². The molecule has 1 aromatic rings. The molecule has 3 nitrogen and oxygen atoms in total. The van der Waals surface area contributed by atoms with Crippen LogP contribution in [-0.4, -0.2) is 29.9 Å². The second-order valence-electron chi connectivity index (χ2n) is 5.09. The van der Waals surface area contributed by atoms with Crippen molar-refractivity contribution < 1.29 is 4.79 Å². The standard InChI is InChI=1S/C15H21ClN2O/c1-3-15(19)18-9-8-12(10-18)17-11(2)13-6-4-5-7-14(13)16/h4-7,11-12,17H,3,8-10H2,1-2H3. The molecule has 0 spiro atoms. The number of nitrogens with zero attached hydrogens (tertiary/aromatic N) is 1. The second-order valence-corrected chi connectivity index (χ2v) is 5.50. The van der Waals surface area contributed by atoms with Crippen molar-refractivity contribution in [3.8, 4) is 0 Å². The van der Waals surface area contributed by atoms with E-state index < -0.39 is 0 Å². The number of carbonyl (C=O) groups excluding carboxylic acids is 1. The van der Waals surface area contributed by atoms with Crippen LogP contribution < -0.4 is 5.32 Å². The Balaban J connectivity index is 1.92. The van der Waals surface area contributed by atoms with Crippen LogP contribution in [0.3, 0.4) is 0 Å². The van der Waals surface area contributed by atoms with Gasteiger partial charge in [0.15, 0.2) is 0 Å². The maximum absolute atomic E-state index is 11.6. The lowest BCUT2D eigenvalue weighted by Crippen LogP contribution is -2.36. The third-order valence-electron chi connectivity index (χ3n) is 3.70. The van der Waals surface area contributed by atoms with E-state index >= 15 is 0 Å². The predicted molar refractivity (Wildman–Crippen MR) is 78.3 cm³/mol. The van der Waals surface area contributed by atoms with Crippen LogP contribution in [0, 0.1) is 0 Å². The summed E-state index contributed by atoms with van der Waals surface area (Å²) < 4.78 is 0. The largest absolute Gasteiger partial charge is 0.341 e. The van der Waals surface area contributed by atoms with E-state index in [1.165, 1.54) is 0 Å². The minimum absolute atomic E-state index is 0.204. The number of likely N-dealkylation sites (tertiary alicyclic amines) is 1. The van der Waals surface area contributed by atoms with Gasteiger partial charge in [-0.2, -0.15) is 0 Å². The molecule has 2 atom stereocenters. The number of halogens is 1. The lowest BCUT2D eigenvalue weighted by atomic mass is 10.1. The molecule has 2 rings (SSSR count). The van der Waals surface area contributed by atoms with Gasteiger partial charge in [-0.1, -0.05) is 36.7 Å². The highest BCUT2D eigenvalue weighted by Gasteiger charge is 2.26. The fourth-order valence-electron chi connectivity index (χ4n) is 2.62. The lowest BCUT2D eigenvalue weighted by molar-refractivity contribution is -0.129. The zero-order chi connectivity index (χ0) is 13.8. The van der Waals surface area contributed by atoms with Crippen molar-refractivity contribution >= 4 is 17.5 Å². The first kappa shape index (κ1) is 14.4. The van der Waals surface area contributed by atoms with Gasteiger partial charge in [0.05, 0.1) is 0 Å². The van der Waals surface area contributed by atoms with Gasteiger partial charge in [-0.25, -0.2) is 0 Å². The van der Waals surface area contributed by atoms with Gasteiger partial charge in [0.25, 0.3) is 0 Å². The third kappa shape index (κ3) is 3.48. The van der Waals surface area contributed by atoms with E-state index in [-0.39, 0.29) is 11.9 Å². The van der Waals surface area contributed by atoms with E-state index in [1.807, 2.05) is 36.1 Å². The molecular weight excluding hydrogens is 260 g/mol. The van der Waals surface area contributed by atoms with E-state index in [4.69, 9.17) is 11.6 Å². The first-order valence-corrected chi connectivity index (χ1v) is 7.28. The molecule has 1 N–H and O–H groups in total. The van der Waals surface area contributed by atoms with Crippen molar-refractivity contribution in [3.05, 3.63) is 34.9 Å². The van der Waals surface area contributed by atoms with Crippen LogP contribution in [0.2, 0.25) is 5.02 Å². The van der Waals surface area contributed by atoms with Crippen LogP contribution in [0.25, 0.3) is 0 Å². The SMILES string of the molecule is CCC(=O)N1CCC(NC(C)c2ccccc2Cl)C1. The minimum atomic E-state index is 0.204. The van der Waals surface area contributed by atoms with Crippen molar-refractivity contribution in [2.24, 2.45) is 0 Å². The Morgan fingerprint density at radius 3 is 2.95 bits per heavy atom. The van der Waals surface area contributed by atoms with Crippen molar-refractivity contribution in [3.63, 3.8) is 0 Å². The van der Waals surface area contributed by atoms with Gasteiger partial charge in [0.1, 0.15) is 0 Å². The summed E-state index contributed by atoms with van der Waals surface area (Å²) in [5.74, 6) is 0.245. The van der Waals surface area contributed by atoms with Crippen molar-refractivity contribution in [2.75, 3.05) is 13.1 Å². The highest BCUT2D eigenvalue weighted by atomic mass is 35.5. The summed E-state index contributed by atoms with van der Waals surface area (Å²) in [5.41, 5.74) is 1.12. The molecule has 0 aliphatic carbocycles. The average Bonchev–Trinajstić information content (AvgIpc) is 2.86. The van der Waals surface area contributed by atoms with Crippen LogP contribution in [0.1, 0.15) is 38.3 Å². The third-order valence-corrected chi connectivity index (χ3v) is 4.05. The van der Waals surface area contributed by atoms with Gasteiger partial charge >= 0.3 is 0 Å². The quantitative estimate of drug-likeness (QED) is 0.920. The van der Waals surface area contributed by atoms with E-state index in [0.29, 0.717) is 12.5 Å². The van der Waals surface area contributed by atoms with Gasteiger partial charge in [0, 0.05) is 36.6 Å². The first-order valence-electron chi connectivity index (χ1n) is 6.90. The molecule has 1 heterocycles. The molecule has 1 aromatic carbocycles. The molecular formula is C15H21ClN2O. The summed E-state index contributed by atoms with van der Waals surface area (Å²) in [4.78, 5) is 13.6. The summed E-state index contributed by atoms with van der Waals surface area (Å²) in [5, 5.41) is 4.36. The number of hydrogen-bond acceptors (Lipinski definition) is 2. The molecule has 1 amide bonds. The average molecular weight is 281 g/mol. The summed E-state index contributed by atoms with van der Waals surface area (Å²) in [7, 11) is 0. The molecule has 104 valence electrons. The van der Waals surface area contributed by atoms with E-state index in [1.54, 1.807) is 0 Å². The zero-order valence-electron chi connectivity index (χ0n) is 11.5. The van der Waals surface area contributed by atoms with Crippen LogP contribution >= 0.6 is 11.6 Å². The molecule has 1 fully saturated rings. The Kier molecular flexibility index (Phi) is 4.83. The highest BCUT2D eigenvalue weighted by molar-refractivity contribution is 6.31. The number of carbonyl (C=O) groups is 1. The summed E-state index contributed by atoms with van der Waals surface area (Å²) >= 11 is 6.20. The maximum atomic E-state index is 11.6. The Hall–Kier alpha value is -1.06. The normalized spacial score (nSPS) is 20.6. The lowest BCUT2D eigenvalue weighted by Gasteiger charge is -2.21. The number of nitrogens with one attached hydrogen (secondary N) is 1. The maximum Gasteiger partial charge on any atom is 0.222 e. The van der Waals surface area contributed by atoms with E-state index in [9.17, 15) is 4.79 Å². The molecule has 0 saturated carbocycles. The predicted octanol–water partition coefficient (Wildman–Crippen LogP) is 3.00. The topological polar surface area (TPSA) is 32.3 Å². The number of benzene rings is 1. The highest BCUT2D eigenvalue weighted by Crippen LogP contribution is 2.23. The molecule has 1 saturated heterocycles. The molecule has 0 radical (unpaired) electrons. The Morgan fingerprint density at radius 2 is 2.26 bits per heavy atom. The summed E-state index contributed by atoms with van der Waals surface area (Å²) in [6, 6.07) is 8.47. The number of hydrogen-bond donors (Lipinski definition) is 1. The van der Waals surface area contributed by atoms with E-state index in [2.05, 4.69) is 12.2 Å². The van der Waals surface area contributed by atoms with Gasteiger partial charge in [-0.15, -0.1) is 0 Å². The molecule has 0 bridgehead atoms. The Labute approximate surface area is 119 Å². The second kappa shape index (κ2) is 6.40. The zero-order valence-corrected chi connectivity index (χ0v) is 12.3. The Bertz CT molecular complexity index is 450. The van der Waals surface area contributed by atoms with Crippen LogP contribution in [0.4, 0.5) is 0 Å². The van der Waals surface area contributed by atoms with Gasteiger partial charge in [-0.3, -0.25) is 4.79 Å². The molecule has 2 unspecified atom stereocenters. The molecule has 0 aromatic heterocycles. The first-order chi connectivity index (χ1) is 9.11. The van der Waals surface area contributed by atoms with Crippen molar-refractivity contribution in [1.29, 1.82) is 0 Å². The fourth-order valence-corrected chi connectivity index (χ4v) is 2.92. The van der Waals surface area contributed by atoms with Crippen LogP contribution in [0.15, 0.2) is 24.3 Å². The van der Waals surface area contributed by atoms with Crippen molar-refractivity contribution in [2.45, 2.75) is 38.8 Å². The molecule has 4 heteroatoms. The summed E-state index contributed by atoms with van der Waals surface area (Å²) in [6.45, 7) is 5.70. The van der Waals surface area contributed by atoms with Gasteiger partial charge in [0.2, 0.25) is 5.91 Å². The van der Waals surface area contributed by atoms with Crippen LogP contribution in [-0.2, 0) is 4.79 Å². The smallest absolute Gasteiger partial charge is 0.222 e. The minimum Gasteiger partial charge on any atom is -0.341 e. The van der Waals surface area contributed by atoms with Crippen LogP contribution in [0.5, 0.6) is 0 Å².